The van der Waals surface area contributed by atoms with E-state index in [9.17, 15) is 4.79 Å². The summed E-state index contributed by atoms with van der Waals surface area (Å²) in [5, 5.41) is 9.05. The van der Waals surface area contributed by atoms with Gasteiger partial charge in [-0.05, 0) is 5.56 Å². The average molecular weight is 373 g/mol. The van der Waals surface area contributed by atoms with Crippen molar-refractivity contribution in [3.63, 3.8) is 0 Å². The number of quaternary nitrogens is 1. The number of nitrogens with zero attached hydrogens (tertiary/aromatic N) is 1. The van der Waals surface area contributed by atoms with Crippen LogP contribution < -0.4 is 0 Å². The van der Waals surface area contributed by atoms with Crippen LogP contribution in [0.3, 0.4) is 0 Å². The van der Waals surface area contributed by atoms with Crippen LogP contribution in [0.25, 0.3) is 0 Å². The standard InChI is InChI=1S/C15H19BrNO3S/c1-12-14(7-8-18)21-11-17(12,16)9-15(19)20-10-13-5-3-2-4-6-13/h2-6,18H,7-11H2,1H3/q+1. The van der Waals surface area contributed by atoms with Crippen molar-refractivity contribution >= 4 is 33.9 Å². The molecular weight excluding hydrogens is 354 g/mol. The highest BCUT2D eigenvalue weighted by Crippen LogP contribution is 2.42. The van der Waals surface area contributed by atoms with Crippen molar-refractivity contribution in [2.45, 2.75) is 20.0 Å². The van der Waals surface area contributed by atoms with Crippen molar-refractivity contribution in [1.82, 2.24) is 0 Å². The van der Waals surface area contributed by atoms with Gasteiger partial charge in [-0.3, -0.25) is 0 Å². The molecule has 1 unspecified atom stereocenters. The van der Waals surface area contributed by atoms with Crippen LogP contribution in [0.2, 0.25) is 0 Å². The van der Waals surface area contributed by atoms with Crippen LogP contribution in [0, 0.1) is 0 Å². The number of halogens is 1. The fourth-order valence-corrected chi connectivity index (χ4v) is 4.22. The first-order valence-electron chi connectivity index (χ1n) is 6.75. The Hall–Kier alpha value is -0.820. The molecule has 0 saturated carbocycles. The van der Waals surface area contributed by atoms with Gasteiger partial charge < -0.3 is 9.84 Å². The molecule has 2 rings (SSSR count). The highest BCUT2D eigenvalue weighted by molar-refractivity contribution is 9.05. The van der Waals surface area contributed by atoms with Gasteiger partial charge in [0.2, 0.25) is 16.1 Å². The predicted molar refractivity (Wildman–Crippen MR) is 87.2 cm³/mol. The third-order valence-corrected chi connectivity index (χ3v) is 6.19. The molecule has 0 aliphatic carbocycles. The van der Waals surface area contributed by atoms with Crippen LogP contribution in [-0.4, -0.2) is 33.6 Å². The molecule has 1 aromatic carbocycles. The fraction of sp³-hybridized carbons (Fsp3) is 0.400. The van der Waals surface area contributed by atoms with Crippen molar-refractivity contribution in [1.29, 1.82) is 0 Å². The first-order valence-corrected chi connectivity index (χ1v) is 8.45. The van der Waals surface area contributed by atoms with Gasteiger partial charge in [-0.2, -0.15) is 0 Å². The Morgan fingerprint density at radius 2 is 2.14 bits per heavy atom. The fourth-order valence-electron chi connectivity index (χ4n) is 2.11. The lowest BCUT2D eigenvalue weighted by Gasteiger charge is -2.24. The summed E-state index contributed by atoms with van der Waals surface area (Å²) in [6, 6.07) is 9.64. The van der Waals surface area contributed by atoms with Gasteiger partial charge in [-0.1, -0.05) is 42.1 Å². The number of carbonyl (C=O) groups is 1. The summed E-state index contributed by atoms with van der Waals surface area (Å²) in [7, 11) is 0. The molecule has 21 heavy (non-hydrogen) atoms. The highest BCUT2D eigenvalue weighted by atomic mass is 79.9. The zero-order chi connectivity index (χ0) is 15.3. The molecule has 0 saturated heterocycles. The smallest absolute Gasteiger partial charge is 0.363 e. The molecule has 0 bridgehead atoms. The minimum atomic E-state index is -0.235. The number of thioether (sulfide) groups is 1. The van der Waals surface area contributed by atoms with E-state index >= 15 is 0 Å². The molecule has 1 aromatic rings. The van der Waals surface area contributed by atoms with E-state index in [1.165, 1.54) is 0 Å². The number of aliphatic hydroxyl groups excluding tert-OH is 1. The molecule has 1 heterocycles. The number of ether oxygens (including phenoxy) is 1. The Labute approximate surface area is 137 Å². The predicted octanol–water partition coefficient (Wildman–Crippen LogP) is 3.17. The van der Waals surface area contributed by atoms with Gasteiger partial charge in [0.1, 0.15) is 18.2 Å². The number of aliphatic hydroxyl groups is 1. The average Bonchev–Trinajstić information content (AvgIpc) is 2.75. The van der Waals surface area contributed by atoms with E-state index in [1.54, 1.807) is 11.8 Å². The maximum Gasteiger partial charge on any atom is 0.363 e. The minimum absolute atomic E-state index is 0.130. The van der Waals surface area contributed by atoms with Crippen molar-refractivity contribution in [3.05, 3.63) is 46.5 Å². The summed E-state index contributed by atoms with van der Waals surface area (Å²) in [5.41, 5.74) is 2.06. The second-order valence-electron chi connectivity index (χ2n) is 4.92. The third kappa shape index (κ3) is 4.32. The number of rotatable bonds is 6. The molecule has 1 aliphatic heterocycles. The van der Waals surface area contributed by atoms with E-state index in [-0.39, 0.29) is 19.1 Å². The van der Waals surface area contributed by atoms with Crippen LogP contribution in [0.15, 0.2) is 40.9 Å². The summed E-state index contributed by atoms with van der Waals surface area (Å²) < 4.78 is 5.71. The molecular formula is C15H19BrNO3S+. The van der Waals surface area contributed by atoms with Gasteiger partial charge in [-0.15, -0.1) is 0 Å². The number of allylic oxidation sites excluding steroid dienone is 1. The summed E-state index contributed by atoms with van der Waals surface area (Å²) in [5.74, 6) is 0.502. The quantitative estimate of drug-likeness (QED) is 0.615. The summed E-state index contributed by atoms with van der Waals surface area (Å²) in [4.78, 5) is 13.2. The number of esters is 1. The summed E-state index contributed by atoms with van der Waals surface area (Å²) >= 11 is 5.30. The molecule has 0 radical (unpaired) electrons. The van der Waals surface area contributed by atoms with Crippen molar-refractivity contribution in [2.24, 2.45) is 0 Å². The lowest BCUT2D eigenvalue weighted by atomic mass is 10.2. The summed E-state index contributed by atoms with van der Waals surface area (Å²) in [6.07, 6.45) is 0.640. The zero-order valence-corrected chi connectivity index (χ0v) is 14.3. The minimum Gasteiger partial charge on any atom is -0.457 e. The number of benzene rings is 1. The number of hydrogen-bond acceptors (Lipinski definition) is 4. The number of carbonyl (C=O) groups excluding carboxylic acids is 1. The molecule has 114 valence electrons. The van der Waals surface area contributed by atoms with Gasteiger partial charge in [-0.25, -0.2) is 8.30 Å². The molecule has 1 atom stereocenters. The Balaban J connectivity index is 1.90. The Bertz CT molecular complexity index is 535. The lowest BCUT2D eigenvalue weighted by molar-refractivity contribution is -0.712. The van der Waals surface area contributed by atoms with Gasteiger partial charge in [0.05, 0.1) is 0 Å². The van der Waals surface area contributed by atoms with Crippen LogP contribution in [0.4, 0.5) is 0 Å². The molecule has 1 N–H and O–H groups in total. The first-order chi connectivity index (χ1) is 10.0. The maximum atomic E-state index is 12.0. The van der Waals surface area contributed by atoms with E-state index in [0.29, 0.717) is 16.5 Å². The number of hydrogen-bond donors (Lipinski definition) is 1. The van der Waals surface area contributed by atoms with Gasteiger partial charge in [0.25, 0.3) is 0 Å². The summed E-state index contributed by atoms with van der Waals surface area (Å²) in [6.45, 7) is 2.67. The van der Waals surface area contributed by atoms with E-state index in [0.717, 1.165) is 22.0 Å². The second kappa shape index (κ2) is 7.45. The molecule has 0 aromatic heterocycles. The van der Waals surface area contributed by atoms with Gasteiger partial charge in [0.15, 0.2) is 6.54 Å². The Kier molecular flexibility index (Phi) is 5.87. The Morgan fingerprint density at radius 1 is 1.43 bits per heavy atom. The topological polar surface area (TPSA) is 46.5 Å². The van der Waals surface area contributed by atoms with Crippen molar-refractivity contribution in [3.8, 4) is 0 Å². The van der Waals surface area contributed by atoms with Crippen LogP contribution in [-0.2, 0) is 16.1 Å². The molecule has 4 nitrogen and oxygen atoms in total. The van der Waals surface area contributed by atoms with Crippen LogP contribution in [0.1, 0.15) is 18.9 Å². The molecule has 6 heteroatoms. The van der Waals surface area contributed by atoms with Crippen LogP contribution in [0.5, 0.6) is 0 Å². The van der Waals surface area contributed by atoms with E-state index < -0.39 is 0 Å². The van der Waals surface area contributed by atoms with E-state index in [4.69, 9.17) is 9.84 Å². The Morgan fingerprint density at radius 3 is 2.81 bits per heavy atom. The second-order valence-corrected chi connectivity index (χ2v) is 7.32. The van der Waals surface area contributed by atoms with Gasteiger partial charge in [0, 0.05) is 24.9 Å². The SMILES string of the molecule is CC1=C(CCO)SC[N+]1(Br)CC(=O)OCc1ccccc1. The molecule has 1 aliphatic rings. The van der Waals surface area contributed by atoms with Crippen molar-refractivity contribution in [2.75, 3.05) is 19.0 Å². The van der Waals surface area contributed by atoms with E-state index in [1.807, 2.05) is 37.3 Å². The monoisotopic (exact) mass is 372 g/mol. The highest BCUT2D eigenvalue weighted by Gasteiger charge is 2.39. The van der Waals surface area contributed by atoms with Crippen LogP contribution >= 0.6 is 27.9 Å². The molecule has 0 fully saturated rings. The van der Waals surface area contributed by atoms with E-state index in [2.05, 4.69) is 16.1 Å². The molecule has 0 amide bonds. The maximum absolute atomic E-state index is 12.0. The molecule has 0 spiro atoms. The largest absolute Gasteiger partial charge is 0.457 e. The van der Waals surface area contributed by atoms with Crippen molar-refractivity contribution < 1.29 is 18.1 Å². The van der Waals surface area contributed by atoms with Gasteiger partial charge >= 0.3 is 5.97 Å². The normalized spacial score (nSPS) is 21.7. The first kappa shape index (κ1) is 16.5. The lowest BCUT2D eigenvalue weighted by Crippen LogP contribution is -2.38. The zero-order valence-electron chi connectivity index (χ0n) is 11.9. The third-order valence-electron chi connectivity index (χ3n) is 3.41.